The number of hydrogen-bond acceptors (Lipinski definition) is 8. The zero-order valence-corrected chi connectivity index (χ0v) is 30.9. The van der Waals surface area contributed by atoms with E-state index in [2.05, 4.69) is 108 Å². The van der Waals surface area contributed by atoms with E-state index in [9.17, 15) is 0 Å². The number of aliphatic hydroxyl groups excluding tert-OH is 1. The van der Waals surface area contributed by atoms with Gasteiger partial charge in [0.2, 0.25) is 5.89 Å². The highest BCUT2D eigenvalue weighted by molar-refractivity contribution is 7.15. The molecule has 1 aliphatic heterocycles. The van der Waals surface area contributed by atoms with Crippen molar-refractivity contribution in [3.63, 3.8) is 0 Å². The fourth-order valence-electron chi connectivity index (χ4n) is 7.66. The van der Waals surface area contributed by atoms with Crippen LogP contribution in [0.15, 0.2) is 108 Å². The summed E-state index contributed by atoms with van der Waals surface area (Å²) >= 11 is 1.82. The van der Waals surface area contributed by atoms with Crippen molar-refractivity contribution in [3.05, 3.63) is 131 Å². The summed E-state index contributed by atoms with van der Waals surface area (Å²) in [5, 5.41) is 19.1. The molecule has 3 aromatic heterocycles. The Bertz CT molecular complexity index is 2640. The van der Waals surface area contributed by atoms with Gasteiger partial charge in [0, 0.05) is 60.2 Å². The van der Waals surface area contributed by atoms with Crippen molar-refractivity contribution in [1.82, 2.24) is 25.1 Å². The minimum atomic E-state index is 0.114. The molecular weight excluding hydrogens is 677 g/mol. The molecule has 8 nitrogen and oxygen atoms in total. The van der Waals surface area contributed by atoms with E-state index in [0.29, 0.717) is 19.0 Å². The highest BCUT2D eigenvalue weighted by Crippen LogP contribution is 2.40. The lowest BCUT2D eigenvalue weighted by molar-refractivity contribution is 0.292. The monoisotopic (exact) mass is 716 g/mol. The Balaban J connectivity index is 0.971. The Hall–Kier alpha value is -5.61. The molecule has 2 N–H and O–H groups in total. The molecule has 0 unspecified atom stereocenters. The smallest absolute Gasteiger partial charge is 0.227 e. The van der Waals surface area contributed by atoms with Gasteiger partial charge in [0.1, 0.15) is 10.5 Å². The Kier molecular flexibility index (Phi) is 8.62. The maximum atomic E-state index is 9.10. The topological polar surface area (TPSA) is 92.2 Å². The first-order valence-corrected chi connectivity index (χ1v) is 18.9. The average Bonchev–Trinajstić information content (AvgIpc) is 3.91. The number of oxazole rings is 1. The van der Waals surface area contributed by atoms with Crippen LogP contribution in [0.2, 0.25) is 0 Å². The fourth-order valence-corrected chi connectivity index (χ4v) is 8.87. The van der Waals surface area contributed by atoms with Crippen molar-refractivity contribution in [2.75, 3.05) is 24.6 Å². The molecule has 264 valence electrons. The van der Waals surface area contributed by atoms with Gasteiger partial charge in [0.15, 0.2) is 5.58 Å². The van der Waals surface area contributed by atoms with Crippen LogP contribution >= 0.6 is 11.3 Å². The van der Waals surface area contributed by atoms with Crippen LogP contribution in [-0.4, -0.2) is 44.6 Å². The predicted octanol–water partition coefficient (Wildman–Crippen LogP) is 9.10. The standard InChI is InChI=1S/C44H40N6O2S/c1-27-32(10-5-12-34(27)43-47-39-22-29(24-45-19-21-51)16-17-41(39)52-43)30-8-4-9-31(23-30)50-20-18-38-42(26-50)53-44(48-38)35-13-6-11-33(28(35)2)36-14-7-15-40-37(36)25-46-49(40)3/h4-17,22-23,25,45,51H,18-21,24,26H2,1-3H3. The molecule has 9 heteroatoms. The van der Waals surface area contributed by atoms with Gasteiger partial charge >= 0.3 is 0 Å². The fraction of sp³-hybridized carbons (Fsp3) is 0.205. The van der Waals surface area contributed by atoms with Crippen LogP contribution in [0.1, 0.15) is 27.3 Å². The zero-order valence-electron chi connectivity index (χ0n) is 30.1. The first-order chi connectivity index (χ1) is 25.9. The molecule has 0 saturated carbocycles. The van der Waals surface area contributed by atoms with E-state index in [-0.39, 0.29) is 6.61 Å². The summed E-state index contributed by atoms with van der Waals surface area (Å²) in [4.78, 5) is 13.9. The second kappa shape index (κ2) is 13.7. The Morgan fingerprint density at radius 1 is 0.830 bits per heavy atom. The maximum absolute atomic E-state index is 9.10. The Labute approximate surface area is 312 Å². The van der Waals surface area contributed by atoms with Gasteiger partial charge in [-0.15, -0.1) is 11.3 Å². The third-order valence-electron chi connectivity index (χ3n) is 10.5. The second-order valence-corrected chi connectivity index (χ2v) is 14.9. The van der Waals surface area contributed by atoms with Crippen LogP contribution in [0.4, 0.5) is 5.69 Å². The van der Waals surface area contributed by atoms with E-state index in [1.807, 2.05) is 47.5 Å². The predicted molar refractivity (Wildman–Crippen MR) is 215 cm³/mol. The summed E-state index contributed by atoms with van der Waals surface area (Å²) in [7, 11) is 1.99. The first kappa shape index (κ1) is 33.2. The van der Waals surface area contributed by atoms with E-state index in [4.69, 9.17) is 19.5 Å². The minimum absolute atomic E-state index is 0.114. The molecule has 53 heavy (non-hydrogen) atoms. The largest absolute Gasteiger partial charge is 0.436 e. The van der Waals surface area contributed by atoms with Gasteiger partial charge in [-0.2, -0.15) is 5.10 Å². The molecular formula is C44H40N6O2S. The van der Waals surface area contributed by atoms with Crippen molar-refractivity contribution in [3.8, 4) is 44.3 Å². The van der Waals surface area contributed by atoms with Crippen LogP contribution in [0.3, 0.4) is 0 Å². The summed E-state index contributed by atoms with van der Waals surface area (Å²) < 4.78 is 8.19. The molecule has 0 aliphatic carbocycles. The second-order valence-electron chi connectivity index (χ2n) is 13.8. The van der Waals surface area contributed by atoms with Gasteiger partial charge < -0.3 is 19.7 Å². The lowest BCUT2D eigenvalue weighted by atomic mass is 9.94. The van der Waals surface area contributed by atoms with E-state index < -0.39 is 0 Å². The Morgan fingerprint density at radius 2 is 1.60 bits per heavy atom. The summed E-state index contributed by atoms with van der Waals surface area (Å²) in [6.45, 7) is 7.46. The molecule has 8 aromatic rings. The molecule has 0 atom stereocenters. The number of thiazole rings is 1. The molecule has 0 bridgehead atoms. The van der Waals surface area contributed by atoms with E-state index in [1.165, 1.54) is 44.1 Å². The molecule has 0 amide bonds. The van der Waals surface area contributed by atoms with Gasteiger partial charge in [-0.05, 0) is 89.2 Å². The number of hydrogen-bond donors (Lipinski definition) is 2. The van der Waals surface area contributed by atoms with Gasteiger partial charge in [-0.1, -0.05) is 60.7 Å². The van der Waals surface area contributed by atoms with Gasteiger partial charge in [-0.25, -0.2) is 9.97 Å². The molecule has 4 heterocycles. The van der Waals surface area contributed by atoms with Crippen molar-refractivity contribution in [2.45, 2.75) is 33.4 Å². The van der Waals surface area contributed by atoms with E-state index in [1.54, 1.807) is 0 Å². The van der Waals surface area contributed by atoms with Crippen LogP contribution < -0.4 is 10.2 Å². The Morgan fingerprint density at radius 3 is 2.49 bits per heavy atom. The van der Waals surface area contributed by atoms with Crippen LogP contribution in [-0.2, 0) is 26.6 Å². The normalized spacial score (nSPS) is 12.9. The number of nitrogens with zero attached hydrogens (tertiary/aromatic N) is 5. The molecule has 0 spiro atoms. The maximum Gasteiger partial charge on any atom is 0.227 e. The molecule has 9 rings (SSSR count). The lowest BCUT2D eigenvalue weighted by Gasteiger charge is -2.28. The summed E-state index contributed by atoms with van der Waals surface area (Å²) in [6, 6.07) is 34.3. The van der Waals surface area contributed by atoms with Gasteiger partial charge in [0.05, 0.1) is 30.6 Å². The van der Waals surface area contributed by atoms with Gasteiger partial charge in [-0.3, -0.25) is 4.68 Å². The van der Waals surface area contributed by atoms with Crippen LogP contribution in [0, 0.1) is 13.8 Å². The van der Waals surface area contributed by atoms with Crippen LogP contribution in [0.5, 0.6) is 0 Å². The number of rotatable bonds is 9. The molecule has 0 fully saturated rings. The van der Waals surface area contributed by atoms with Gasteiger partial charge in [0.25, 0.3) is 0 Å². The summed E-state index contributed by atoms with van der Waals surface area (Å²) in [5.74, 6) is 0.621. The SMILES string of the molecule is Cc1c(-c2cccc(N3CCc4nc(-c5cccc(-c6cccc7c6cnn7C)c5C)sc4C3)c2)cccc1-c1nc2cc(CNCCO)ccc2o1. The lowest BCUT2D eigenvalue weighted by Crippen LogP contribution is -2.29. The highest BCUT2D eigenvalue weighted by atomic mass is 32.1. The van der Waals surface area contributed by atoms with Crippen molar-refractivity contribution >= 4 is 39.0 Å². The highest BCUT2D eigenvalue weighted by Gasteiger charge is 2.24. The average molecular weight is 717 g/mol. The molecule has 0 saturated heterocycles. The number of benzene rings is 5. The third-order valence-corrected chi connectivity index (χ3v) is 11.6. The van der Waals surface area contributed by atoms with Crippen molar-refractivity contribution in [2.24, 2.45) is 7.05 Å². The summed E-state index contributed by atoms with van der Waals surface area (Å²) in [6.07, 6.45) is 2.88. The minimum Gasteiger partial charge on any atom is -0.436 e. The van der Waals surface area contributed by atoms with E-state index >= 15 is 0 Å². The number of nitrogens with one attached hydrogen (secondary N) is 1. The van der Waals surface area contributed by atoms with E-state index in [0.717, 1.165) is 68.8 Å². The number of aryl methyl sites for hydroxylation is 1. The van der Waals surface area contributed by atoms with Crippen molar-refractivity contribution < 1.29 is 9.52 Å². The quantitative estimate of drug-likeness (QED) is 0.144. The van der Waals surface area contributed by atoms with Crippen LogP contribution in [0.25, 0.3) is 66.3 Å². The number of fused-ring (bicyclic) bond motifs is 3. The molecule has 1 aliphatic rings. The first-order valence-electron chi connectivity index (χ1n) is 18.1. The summed E-state index contributed by atoms with van der Waals surface area (Å²) in [5.41, 5.74) is 15.6. The number of aromatic nitrogens is 4. The molecule has 5 aromatic carbocycles. The van der Waals surface area contributed by atoms with Crippen molar-refractivity contribution in [1.29, 1.82) is 0 Å². The zero-order chi connectivity index (χ0) is 36.1. The number of anilines is 1. The number of aliphatic hydroxyl groups is 1. The third kappa shape index (κ3) is 6.10. The molecule has 0 radical (unpaired) electrons.